The van der Waals surface area contributed by atoms with Gasteiger partial charge in [-0.2, -0.15) is 4.99 Å². The quantitative estimate of drug-likeness (QED) is 0.498. The SMILES string of the molecule is O=C(CC1SC(N2CCCC2)=NC1=O)Nc1ccc(C(=O)NCCCOCc2ccco2)cc1. The van der Waals surface area contributed by atoms with E-state index >= 15 is 0 Å². The van der Waals surface area contributed by atoms with E-state index in [1.807, 2.05) is 12.1 Å². The molecular formula is C24H28N4O5S. The van der Waals surface area contributed by atoms with Crippen LogP contribution in [-0.2, 0) is 20.9 Å². The number of anilines is 1. The summed E-state index contributed by atoms with van der Waals surface area (Å²) in [6, 6.07) is 10.3. The van der Waals surface area contributed by atoms with Gasteiger partial charge in [-0.15, -0.1) is 0 Å². The highest BCUT2D eigenvalue weighted by Crippen LogP contribution is 2.29. The number of carbonyl (C=O) groups is 3. The van der Waals surface area contributed by atoms with Crippen molar-refractivity contribution in [3.63, 3.8) is 0 Å². The maximum atomic E-state index is 12.4. The van der Waals surface area contributed by atoms with Crippen molar-refractivity contribution < 1.29 is 23.5 Å². The van der Waals surface area contributed by atoms with Crippen LogP contribution in [0.15, 0.2) is 52.1 Å². The van der Waals surface area contributed by atoms with Crippen LogP contribution in [0.2, 0.25) is 0 Å². The van der Waals surface area contributed by atoms with Crippen LogP contribution in [0, 0.1) is 0 Å². The van der Waals surface area contributed by atoms with Gasteiger partial charge in [0.25, 0.3) is 11.8 Å². The van der Waals surface area contributed by atoms with Crippen molar-refractivity contribution >= 4 is 40.3 Å². The Balaban J connectivity index is 1.14. The predicted molar refractivity (Wildman–Crippen MR) is 130 cm³/mol. The molecule has 2 N–H and O–H groups in total. The third kappa shape index (κ3) is 6.71. The lowest BCUT2D eigenvalue weighted by Gasteiger charge is -2.16. The smallest absolute Gasteiger partial charge is 0.262 e. The number of carbonyl (C=O) groups excluding carboxylic acids is 3. The molecule has 0 aliphatic carbocycles. The molecule has 1 atom stereocenters. The number of aliphatic imine (C=N–C) groups is 1. The molecule has 0 radical (unpaired) electrons. The first-order chi connectivity index (χ1) is 16.6. The molecule has 10 heteroatoms. The Morgan fingerprint density at radius 2 is 1.97 bits per heavy atom. The van der Waals surface area contributed by atoms with Gasteiger partial charge in [-0.1, -0.05) is 11.8 Å². The molecule has 2 aliphatic heterocycles. The van der Waals surface area contributed by atoms with Crippen molar-refractivity contribution in [3.05, 3.63) is 54.0 Å². The zero-order valence-corrected chi connectivity index (χ0v) is 19.6. The van der Waals surface area contributed by atoms with Crippen LogP contribution in [0.5, 0.6) is 0 Å². The molecule has 3 amide bonds. The second-order valence-corrected chi connectivity index (χ2v) is 9.27. The van der Waals surface area contributed by atoms with Gasteiger partial charge in [0, 0.05) is 43.9 Å². The second-order valence-electron chi connectivity index (χ2n) is 8.10. The molecule has 1 unspecified atom stereocenters. The van der Waals surface area contributed by atoms with Gasteiger partial charge in [-0.05, 0) is 55.7 Å². The summed E-state index contributed by atoms with van der Waals surface area (Å²) in [5, 5.41) is 5.89. The molecule has 1 fully saturated rings. The molecule has 3 heterocycles. The number of thioether (sulfide) groups is 1. The highest BCUT2D eigenvalue weighted by molar-refractivity contribution is 8.15. The number of hydrogen-bond acceptors (Lipinski definition) is 7. The van der Waals surface area contributed by atoms with Crippen molar-refractivity contribution in [3.8, 4) is 0 Å². The lowest BCUT2D eigenvalue weighted by atomic mass is 10.2. The third-order valence-electron chi connectivity index (χ3n) is 5.48. The van der Waals surface area contributed by atoms with Crippen molar-refractivity contribution in [2.45, 2.75) is 37.5 Å². The highest BCUT2D eigenvalue weighted by atomic mass is 32.2. The molecule has 2 aliphatic rings. The molecule has 0 bridgehead atoms. The summed E-state index contributed by atoms with van der Waals surface area (Å²) in [7, 11) is 0. The monoisotopic (exact) mass is 484 g/mol. The van der Waals surface area contributed by atoms with Crippen LogP contribution in [0.4, 0.5) is 5.69 Å². The first-order valence-corrected chi connectivity index (χ1v) is 12.3. The molecule has 1 aromatic carbocycles. The van der Waals surface area contributed by atoms with E-state index in [1.54, 1.807) is 30.5 Å². The maximum absolute atomic E-state index is 12.4. The minimum atomic E-state index is -0.483. The molecular weight excluding hydrogens is 456 g/mol. The van der Waals surface area contributed by atoms with Gasteiger partial charge in [0.1, 0.15) is 17.6 Å². The normalized spacial score (nSPS) is 17.6. The van der Waals surface area contributed by atoms with Gasteiger partial charge >= 0.3 is 0 Å². The third-order valence-corrected chi connectivity index (χ3v) is 6.70. The highest BCUT2D eigenvalue weighted by Gasteiger charge is 2.33. The number of nitrogens with zero attached hydrogens (tertiary/aromatic N) is 2. The summed E-state index contributed by atoms with van der Waals surface area (Å²) in [6.45, 7) is 3.24. The molecule has 4 rings (SSSR count). The number of nitrogens with one attached hydrogen (secondary N) is 2. The number of ether oxygens (including phenoxy) is 1. The van der Waals surface area contributed by atoms with E-state index in [-0.39, 0.29) is 24.1 Å². The van der Waals surface area contributed by atoms with Gasteiger partial charge < -0.3 is 24.7 Å². The zero-order chi connectivity index (χ0) is 23.8. The lowest BCUT2D eigenvalue weighted by Crippen LogP contribution is -2.25. The van der Waals surface area contributed by atoms with Gasteiger partial charge in [0.15, 0.2) is 5.17 Å². The van der Waals surface area contributed by atoms with E-state index in [2.05, 4.69) is 20.5 Å². The molecule has 1 aromatic heterocycles. The Kier molecular flexibility index (Phi) is 8.37. The molecule has 0 saturated carbocycles. The molecule has 180 valence electrons. The summed E-state index contributed by atoms with van der Waals surface area (Å²) in [5.41, 5.74) is 1.07. The van der Waals surface area contributed by atoms with Crippen LogP contribution in [0.25, 0.3) is 0 Å². The van der Waals surface area contributed by atoms with Crippen LogP contribution >= 0.6 is 11.8 Å². The van der Waals surface area contributed by atoms with Gasteiger partial charge in [0.2, 0.25) is 5.91 Å². The maximum Gasteiger partial charge on any atom is 0.262 e. The minimum Gasteiger partial charge on any atom is -0.467 e. The fourth-order valence-corrected chi connectivity index (χ4v) is 4.80. The van der Waals surface area contributed by atoms with E-state index in [9.17, 15) is 14.4 Å². The number of amidine groups is 1. The standard InChI is InChI=1S/C24H28N4O5S/c29-21(15-20-23(31)27-24(34-20)28-11-1-2-12-28)26-18-8-6-17(7-9-18)22(30)25-10-4-13-32-16-19-5-3-14-33-19/h3,5-9,14,20H,1-2,4,10-13,15-16H2,(H,25,30)(H,26,29). The molecule has 1 saturated heterocycles. The van der Waals surface area contributed by atoms with Crippen molar-refractivity contribution in [1.29, 1.82) is 0 Å². The van der Waals surface area contributed by atoms with Crippen LogP contribution in [0.1, 0.15) is 41.8 Å². The van der Waals surface area contributed by atoms with Crippen molar-refractivity contribution in [1.82, 2.24) is 10.2 Å². The number of amides is 3. The summed E-state index contributed by atoms with van der Waals surface area (Å²) in [4.78, 5) is 43.1. The van der Waals surface area contributed by atoms with Crippen LogP contribution < -0.4 is 10.6 Å². The number of hydrogen-bond donors (Lipinski definition) is 2. The Hall–Kier alpha value is -3.11. The predicted octanol–water partition coefficient (Wildman–Crippen LogP) is 3.04. The first kappa shape index (κ1) is 24.0. The summed E-state index contributed by atoms with van der Waals surface area (Å²) >= 11 is 1.37. The van der Waals surface area contributed by atoms with Crippen LogP contribution in [0.3, 0.4) is 0 Å². The molecule has 0 spiro atoms. The molecule has 9 nitrogen and oxygen atoms in total. The Labute approximate surface area is 202 Å². The number of likely N-dealkylation sites (tertiary alicyclic amines) is 1. The Bertz CT molecular complexity index is 1020. The number of furan rings is 1. The Morgan fingerprint density at radius 3 is 2.71 bits per heavy atom. The van der Waals surface area contributed by atoms with Crippen molar-refractivity contribution in [2.75, 3.05) is 31.6 Å². The summed E-state index contributed by atoms with van der Waals surface area (Å²) in [6.07, 6.45) is 4.56. The van der Waals surface area contributed by atoms with E-state index in [1.165, 1.54) is 11.8 Å². The first-order valence-electron chi connectivity index (χ1n) is 11.4. The van der Waals surface area contributed by atoms with E-state index in [0.717, 1.165) is 36.9 Å². The average molecular weight is 485 g/mol. The summed E-state index contributed by atoms with van der Waals surface area (Å²) in [5.74, 6) is 0.0735. The van der Waals surface area contributed by atoms with Crippen molar-refractivity contribution in [2.24, 2.45) is 4.99 Å². The minimum absolute atomic E-state index is 0.0641. The van der Waals surface area contributed by atoms with Gasteiger partial charge in [0.05, 0.1) is 6.26 Å². The fraction of sp³-hybridized carbons (Fsp3) is 0.417. The van der Waals surface area contributed by atoms with Crippen LogP contribution in [-0.4, -0.2) is 59.3 Å². The molecule has 2 aromatic rings. The summed E-state index contributed by atoms with van der Waals surface area (Å²) < 4.78 is 10.7. The van der Waals surface area contributed by atoms with Gasteiger partial charge in [-0.3, -0.25) is 14.4 Å². The van der Waals surface area contributed by atoms with E-state index < -0.39 is 5.25 Å². The lowest BCUT2D eigenvalue weighted by molar-refractivity contribution is -0.121. The van der Waals surface area contributed by atoms with E-state index in [4.69, 9.17) is 9.15 Å². The number of rotatable bonds is 10. The van der Waals surface area contributed by atoms with Gasteiger partial charge in [-0.25, -0.2) is 0 Å². The molecule has 34 heavy (non-hydrogen) atoms. The zero-order valence-electron chi connectivity index (χ0n) is 18.8. The van der Waals surface area contributed by atoms with E-state index in [0.29, 0.717) is 37.4 Å². The number of benzene rings is 1. The topological polar surface area (TPSA) is 113 Å². The Morgan fingerprint density at radius 1 is 1.18 bits per heavy atom. The average Bonchev–Trinajstić information content (AvgIpc) is 3.60. The largest absolute Gasteiger partial charge is 0.467 e. The second kappa shape index (κ2) is 11.8. The fourth-order valence-electron chi connectivity index (χ4n) is 3.68.